The number of sulfone groups is 1. The van der Waals surface area contributed by atoms with E-state index in [1.54, 1.807) is 6.92 Å². The third-order valence-electron chi connectivity index (χ3n) is 2.14. The zero-order valence-electron chi connectivity index (χ0n) is 9.60. The van der Waals surface area contributed by atoms with Crippen LogP contribution >= 0.6 is 0 Å². The Balaban J connectivity index is 2.54. The quantitative estimate of drug-likeness (QED) is 0.708. The van der Waals surface area contributed by atoms with Crippen LogP contribution in [0.1, 0.15) is 11.3 Å². The topological polar surface area (TPSA) is 109 Å². The summed E-state index contributed by atoms with van der Waals surface area (Å²) in [6.45, 7) is 1.88. The smallest absolute Gasteiger partial charge is 0.212 e. The van der Waals surface area contributed by atoms with Crippen molar-refractivity contribution in [3.63, 3.8) is 0 Å². The van der Waals surface area contributed by atoms with E-state index in [4.69, 9.17) is 0 Å². The minimum Gasteiger partial charge on any atom is -0.283 e. The molecule has 17 heavy (non-hydrogen) atoms. The Morgan fingerprint density at radius 1 is 1.29 bits per heavy atom. The van der Waals surface area contributed by atoms with Crippen molar-refractivity contribution in [1.82, 2.24) is 14.9 Å². The SMILES string of the molecule is Cc1[nH]ncc1CNS(=O)(=O)CCS(C)(=O)=O. The van der Waals surface area contributed by atoms with Crippen molar-refractivity contribution in [1.29, 1.82) is 0 Å². The summed E-state index contributed by atoms with van der Waals surface area (Å²) < 4.78 is 47.0. The molecule has 0 saturated carbocycles. The van der Waals surface area contributed by atoms with Crippen molar-refractivity contribution >= 4 is 19.9 Å². The lowest BCUT2D eigenvalue weighted by molar-refractivity contribution is 0.578. The molecule has 0 atom stereocenters. The van der Waals surface area contributed by atoms with Gasteiger partial charge in [-0.25, -0.2) is 21.6 Å². The minimum atomic E-state index is -3.58. The van der Waals surface area contributed by atoms with Crippen molar-refractivity contribution in [3.05, 3.63) is 17.5 Å². The summed E-state index contributed by atoms with van der Waals surface area (Å²) in [7, 11) is -6.85. The fourth-order valence-electron chi connectivity index (χ4n) is 1.07. The van der Waals surface area contributed by atoms with E-state index in [0.29, 0.717) is 0 Å². The van der Waals surface area contributed by atoms with Gasteiger partial charge in [-0.1, -0.05) is 0 Å². The molecule has 1 heterocycles. The second kappa shape index (κ2) is 5.15. The van der Waals surface area contributed by atoms with E-state index in [1.165, 1.54) is 6.20 Å². The lowest BCUT2D eigenvalue weighted by Crippen LogP contribution is -2.29. The largest absolute Gasteiger partial charge is 0.283 e. The van der Waals surface area contributed by atoms with Crippen LogP contribution < -0.4 is 4.72 Å². The highest BCUT2D eigenvalue weighted by Crippen LogP contribution is 2.02. The van der Waals surface area contributed by atoms with Crippen LogP contribution in [0.2, 0.25) is 0 Å². The zero-order chi connectivity index (χ0) is 13.1. The molecule has 0 aromatic carbocycles. The van der Waals surface area contributed by atoms with Gasteiger partial charge in [-0.3, -0.25) is 5.10 Å². The van der Waals surface area contributed by atoms with Gasteiger partial charge in [0.25, 0.3) is 0 Å². The Hall–Kier alpha value is -0.930. The van der Waals surface area contributed by atoms with Crippen LogP contribution in [0.15, 0.2) is 6.20 Å². The monoisotopic (exact) mass is 281 g/mol. The predicted octanol–water partition coefficient (Wildman–Crippen LogP) is -0.818. The summed E-state index contributed by atoms with van der Waals surface area (Å²) in [6, 6.07) is 0. The van der Waals surface area contributed by atoms with Crippen molar-refractivity contribution in [3.8, 4) is 0 Å². The van der Waals surface area contributed by atoms with Gasteiger partial charge >= 0.3 is 0 Å². The Kier molecular flexibility index (Phi) is 4.28. The lowest BCUT2D eigenvalue weighted by atomic mass is 10.3. The molecular formula is C8H15N3O4S2. The normalized spacial score (nSPS) is 12.8. The van der Waals surface area contributed by atoms with Gasteiger partial charge in [0, 0.05) is 24.1 Å². The van der Waals surface area contributed by atoms with E-state index in [9.17, 15) is 16.8 Å². The molecule has 0 aliphatic rings. The fraction of sp³-hybridized carbons (Fsp3) is 0.625. The molecule has 7 nitrogen and oxygen atoms in total. The van der Waals surface area contributed by atoms with Gasteiger partial charge in [-0.2, -0.15) is 5.10 Å². The molecule has 0 aliphatic carbocycles. The van der Waals surface area contributed by atoms with Gasteiger partial charge in [0.1, 0.15) is 9.84 Å². The molecule has 1 aromatic heterocycles. The highest BCUT2D eigenvalue weighted by molar-refractivity contribution is 7.93. The van der Waals surface area contributed by atoms with Gasteiger partial charge in [0.15, 0.2) is 0 Å². The van der Waals surface area contributed by atoms with Gasteiger partial charge in [-0.05, 0) is 6.92 Å². The molecule has 0 bridgehead atoms. The van der Waals surface area contributed by atoms with Gasteiger partial charge in [-0.15, -0.1) is 0 Å². The first kappa shape index (κ1) is 14.1. The van der Waals surface area contributed by atoms with Crippen LogP contribution in [0.25, 0.3) is 0 Å². The first-order valence-electron chi connectivity index (χ1n) is 4.83. The van der Waals surface area contributed by atoms with E-state index < -0.39 is 25.6 Å². The van der Waals surface area contributed by atoms with Gasteiger partial charge < -0.3 is 0 Å². The van der Waals surface area contributed by atoms with Crippen LogP contribution in [0, 0.1) is 6.92 Å². The maximum absolute atomic E-state index is 11.5. The van der Waals surface area contributed by atoms with E-state index in [2.05, 4.69) is 14.9 Å². The number of hydrogen-bond donors (Lipinski definition) is 2. The van der Waals surface area contributed by atoms with E-state index >= 15 is 0 Å². The number of aromatic nitrogens is 2. The number of aromatic amines is 1. The molecule has 0 radical (unpaired) electrons. The van der Waals surface area contributed by atoms with E-state index in [1.807, 2.05) is 0 Å². The Bertz CT molecular complexity index is 574. The zero-order valence-corrected chi connectivity index (χ0v) is 11.2. The van der Waals surface area contributed by atoms with Crippen LogP contribution in [-0.4, -0.2) is 44.8 Å². The minimum absolute atomic E-state index is 0.106. The standard InChI is InChI=1S/C8H15N3O4S2/c1-7-8(5-9-11-7)6-10-17(14,15)4-3-16(2,12)13/h5,10H,3-4,6H2,1-2H3,(H,9,11). The average molecular weight is 281 g/mol. The molecule has 9 heteroatoms. The summed E-state index contributed by atoms with van der Waals surface area (Å²) >= 11 is 0. The van der Waals surface area contributed by atoms with Crippen LogP contribution in [-0.2, 0) is 26.4 Å². The number of sulfonamides is 1. The molecule has 0 aliphatic heterocycles. The van der Waals surface area contributed by atoms with Crippen LogP contribution in [0.5, 0.6) is 0 Å². The summed E-state index contributed by atoms with van der Waals surface area (Å²) in [5.74, 6) is -0.810. The molecule has 0 fully saturated rings. The van der Waals surface area contributed by atoms with Gasteiger partial charge in [0.2, 0.25) is 10.0 Å². The first-order valence-corrected chi connectivity index (χ1v) is 8.55. The third kappa shape index (κ3) is 5.29. The third-order valence-corrected chi connectivity index (χ3v) is 4.67. The van der Waals surface area contributed by atoms with Gasteiger partial charge in [0.05, 0.1) is 17.7 Å². The number of nitrogens with zero attached hydrogens (tertiary/aromatic N) is 1. The number of hydrogen-bond acceptors (Lipinski definition) is 5. The second-order valence-corrected chi connectivity index (χ2v) is 7.98. The van der Waals surface area contributed by atoms with E-state index in [-0.39, 0.29) is 12.3 Å². The Labute approximate surface area is 101 Å². The maximum atomic E-state index is 11.5. The maximum Gasteiger partial charge on any atom is 0.212 e. The molecule has 2 N–H and O–H groups in total. The average Bonchev–Trinajstić information content (AvgIpc) is 2.58. The highest BCUT2D eigenvalue weighted by atomic mass is 32.2. The van der Waals surface area contributed by atoms with Crippen molar-refractivity contribution in [2.45, 2.75) is 13.5 Å². The summed E-state index contributed by atoms with van der Waals surface area (Å²) in [6.07, 6.45) is 2.52. The second-order valence-electron chi connectivity index (χ2n) is 3.79. The number of rotatable bonds is 6. The van der Waals surface area contributed by atoms with Crippen LogP contribution in [0.4, 0.5) is 0 Å². The highest BCUT2D eigenvalue weighted by Gasteiger charge is 2.14. The molecule has 1 rings (SSSR count). The Morgan fingerprint density at radius 3 is 2.41 bits per heavy atom. The fourth-order valence-corrected chi connectivity index (χ4v) is 3.68. The summed E-state index contributed by atoms with van der Waals surface area (Å²) in [5, 5.41) is 6.43. The van der Waals surface area contributed by atoms with E-state index in [0.717, 1.165) is 17.5 Å². The van der Waals surface area contributed by atoms with Crippen molar-refractivity contribution < 1.29 is 16.8 Å². The van der Waals surface area contributed by atoms with Crippen molar-refractivity contribution in [2.24, 2.45) is 0 Å². The molecule has 0 unspecified atom stereocenters. The molecule has 0 amide bonds. The predicted molar refractivity (Wildman–Crippen MR) is 63.7 cm³/mol. The lowest BCUT2D eigenvalue weighted by Gasteiger charge is -2.05. The molecular weight excluding hydrogens is 266 g/mol. The summed E-state index contributed by atoms with van der Waals surface area (Å²) in [4.78, 5) is 0. The Morgan fingerprint density at radius 2 is 1.94 bits per heavy atom. The molecule has 1 aromatic rings. The number of nitrogens with one attached hydrogen (secondary N) is 2. The first-order chi connectivity index (χ1) is 7.70. The number of H-pyrrole nitrogens is 1. The van der Waals surface area contributed by atoms with Crippen molar-refractivity contribution in [2.75, 3.05) is 17.8 Å². The molecule has 0 saturated heterocycles. The van der Waals surface area contributed by atoms with Crippen LogP contribution in [0.3, 0.4) is 0 Å². The number of aryl methyl sites for hydroxylation is 1. The molecule has 98 valence electrons. The summed E-state index contributed by atoms with van der Waals surface area (Å²) in [5.41, 5.74) is 1.50. The molecule has 0 spiro atoms.